The molecule has 0 aromatic heterocycles. The van der Waals surface area contributed by atoms with E-state index < -0.39 is 12.1 Å². The van der Waals surface area contributed by atoms with Gasteiger partial charge in [-0.15, -0.1) is 6.42 Å². The monoisotopic (exact) mass is 348 g/mol. The summed E-state index contributed by atoms with van der Waals surface area (Å²) in [6.07, 6.45) is 6.94. The Bertz CT molecular complexity index is 887. The van der Waals surface area contributed by atoms with Crippen molar-refractivity contribution >= 4 is 5.97 Å². The molecule has 1 N–H and O–H groups in total. The molecule has 0 saturated heterocycles. The largest absolute Gasteiger partial charge is 0.462 e. The lowest BCUT2D eigenvalue weighted by atomic mass is 9.71. The molecular formula is C23H24O3. The van der Waals surface area contributed by atoms with E-state index in [2.05, 4.69) is 25.8 Å². The van der Waals surface area contributed by atoms with Gasteiger partial charge in [0.25, 0.3) is 0 Å². The van der Waals surface area contributed by atoms with Gasteiger partial charge in [-0.05, 0) is 59.6 Å². The van der Waals surface area contributed by atoms with Crippen LogP contribution in [0.15, 0.2) is 36.4 Å². The van der Waals surface area contributed by atoms with Crippen LogP contribution in [0, 0.1) is 12.3 Å². The Morgan fingerprint density at radius 2 is 1.96 bits per heavy atom. The maximum atomic E-state index is 12.0. The maximum Gasteiger partial charge on any atom is 0.339 e. The molecule has 0 saturated carbocycles. The van der Waals surface area contributed by atoms with Gasteiger partial charge in [0, 0.05) is 5.56 Å². The number of carbonyl (C=O) groups is 1. The van der Waals surface area contributed by atoms with E-state index in [0.29, 0.717) is 17.7 Å². The molecule has 3 nitrogen and oxygen atoms in total. The van der Waals surface area contributed by atoms with Crippen LogP contribution in [0.3, 0.4) is 0 Å². The van der Waals surface area contributed by atoms with Crippen LogP contribution in [0.1, 0.15) is 66.8 Å². The number of rotatable bonds is 3. The summed E-state index contributed by atoms with van der Waals surface area (Å²) in [6, 6.07) is 11.6. The summed E-state index contributed by atoms with van der Waals surface area (Å²) in [6.45, 7) is 6.49. The lowest BCUT2D eigenvalue weighted by molar-refractivity contribution is 0.0526. The van der Waals surface area contributed by atoms with E-state index in [9.17, 15) is 9.90 Å². The molecule has 1 aliphatic rings. The van der Waals surface area contributed by atoms with Gasteiger partial charge in [-0.3, -0.25) is 0 Å². The highest BCUT2D eigenvalue weighted by molar-refractivity contribution is 5.93. The van der Waals surface area contributed by atoms with Gasteiger partial charge in [-0.1, -0.05) is 44.0 Å². The SMILES string of the molecule is C#Cc1cc(-c2ccc3c(c2)C(C)(C)CCC3O)ccc1C(=O)OCC. The summed E-state index contributed by atoms with van der Waals surface area (Å²) < 4.78 is 5.07. The van der Waals surface area contributed by atoms with E-state index in [0.717, 1.165) is 29.5 Å². The molecular weight excluding hydrogens is 324 g/mol. The average molecular weight is 348 g/mol. The number of fused-ring (bicyclic) bond motifs is 1. The molecule has 3 rings (SSSR count). The summed E-state index contributed by atoms with van der Waals surface area (Å²) in [5.74, 6) is 2.19. The van der Waals surface area contributed by atoms with Crippen molar-refractivity contribution < 1.29 is 14.6 Å². The van der Waals surface area contributed by atoms with Crippen molar-refractivity contribution in [2.24, 2.45) is 0 Å². The Morgan fingerprint density at radius 1 is 1.27 bits per heavy atom. The predicted molar refractivity (Wildman–Crippen MR) is 103 cm³/mol. The molecule has 26 heavy (non-hydrogen) atoms. The number of hydrogen-bond donors (Lipinski definition) is 1. The molecule has 2 aromatic carbocycles. The van der Waals surface area contributed by atoms with Crippen LogP contribution in [0.5, 0.6) is 0 Å². The number of aliphatic hydroxyl groups is 1. The molecule has 1 aliphatic carbocycles. The topological polar surface area (TPSA) is 46.5 Å². The highest BCUT2D eigenvalue weighted by Crippen LogP contribution is 2.43. The fourth-order valence-electron chi connectivity index (χ4n) is 3.63. The molecule has 3 heteroatoms. The second-order valence-electron chi connectivity index (χ2n) is 7.37. The number of esters is 1. The number of aliphatic hydroxyl groups excluding tert-OH is 1. The van der Waals surface area contributed by atoms with Crippen molar-refractivity contribution in [1.29, 1.82) is 0 Å². The van der Waals surface area contributed by atoms with E-state index in [1.54, 1.807) is 13.0 Å². The fraction of sp³-hybridized carbons (Fsp3) is 0.348. The number of benzene rings is 2. The summed E-state index contributed by atoms with van der Waals surface area (Å²) in [5.41, 5.74) is 5.10. The summed E-state index contributed by atoms with van der Waals surface area (Å²) in [5, 5.41) is 10.3. The molecule has 1 unspecified atom stereocenters. The Kier molecular flexibility index (Phi) is 4.89. The predicted octanol–water partition coefficient (Wildman–Crippen LogP) is 4.62. The molecule has 134 valence electrons. The minimum atomic E-state index is -0.403. The Balaban J connectivity index is 2.05. The van der Waals surface area contributed by atoms with Crippen molar-refractivity contribution in [3.63, 3.8) is 0 Å². The Morgan fingerprint density at radius 3 is 2.65 bits per heavy atom. The van der Waals surface area contributed by atoms with Gasteiger partial charge in [0.05, 0.1) is 18.3 Å². The van der Waals surface area contributed by atoms with Crippen LogP contribution in [0.4, 0.5) is 0 Å². The van der Waals surface area contributed by atoms with Gasteiger partial charge in [-0.25, -0.2) is 4.79 Å². The summed E-state index contributed by atoms with van der Waals surface area (Å²) in [4.78, 5) is 12.0. The Labute approximate surface area is 155 Å². The van der Waals surface area contributed by atoms with E-state index in [-0.39, 0.29) is 5.41 Å². The lowest BCUT2D eigenvalue weighted by Gasteiger charge is -2.35. The van der Waals surface area contributed by atoms with E-state index in [4.69, 9.17) is 11.2 Å². The van der Waals surface area contributed by atoms with Gasteiger partial charge in [-0.2, -0.15) is 0 Å². The molecule has 0 spiro atoms. The van der Waals surface area contributed by atoms with Crippen molar-refractivity contribution in [2.75, 3.05) is 6.61 Å². The second-order valence-corrected chi connectivity index (χ2v) is 7.37. The highest BCUT2D eigenvalue weighted by atomic mass is 16.5. The first kappa shape index (κ1) is 18.2. The fourth-order valence-corrected chi connectivity index (χ4v) is 3.63. The normalized spacial score (nSPS) is 17.9. The van der Waals surface area contributed by atoms with Crippen LogP contribution in [0.2, 0.25) is 0 Å². The quantitative estimate of drug-likeness (QED) is 0.650. The first-order valence-corrected chi connectivity index (χ1v) is 8.98. The van der Waals surface area contributed by atoms with Crippen LogP contribution in [-0.2, 0) is 10.2 Å². The number of carbonyl (C=O) groups excluding carboxylic acids is 1. The first-order chi connectivity index (χ1) is 12.4. The van der Waals surface area contributed by atoms with Gasteiger partial charge in [0.15, 0.2) is 0 Å². The standard InChI is InChI=1S/C23H24O3/c1-5-15-13-16(7-9-18(15)22(25)26-6-2)17-8-10-19-20(14-17)23(3,4)12-11-21(19)24/h1,7-10,13-14,21,24H,6,11-12H2,2-4H3. The van der Waals surface area contributed by atoms with Crippen LogP contribution in [0.25, 0.3) is 11.1 Å². The third-order valence-electron chi connectivity index (χ3n) is 5.19. The van der Waals surface area contributed by atoms with E-state index in [1.807, 2.05) is 24.3 Å². The summed E-state index contributed by atoms with van der Waals surface area (Å²) in [7, 11) is 0. The van der Waals surface area contributed by atoms with Crippen LogP contribution in [-0.4, -0.2) is 17.7 Å². The molecule has 0 fully saturated rings. The number of hydrogen-bond acceptors (Lipinski definition) is 3. The van der Waals surface area contributed by atoms with Crippen LogP contribution >= 0.6 is 0 Å². The van der Waals surface area contributed by atoms with Gasteiger partial charge >= 0.3 is 5.97 Å². The minimum Gasteiger partial charge on any atom is -0.462 e. The van der Waals surface area contributed by atoms with Crippen molar-refractivity contribution in [1.82, 2.24) is 0 Å². The zero-order valence-electron chi connectivity index (χ0n) is 15.5. The number of terminal acetylenes is 1. The van der Waals surface area contributed by atoms with E-state index >= 15 is 0 Å². The maximum absolute atomic E-state index is 12.0. The average Bonchev–Trinajstić information content (AvgIpc) is 2.64. The van der Waals surface area contributed by atoms with Gasteiger partial charge in [0.1, 0.15) is 0 Å². The first-order valence-electron chi connectivity index (χ1n) is 8.98. The second kappa shape index (κ2) is 6.97. The van der Waals surface area contributed by atoms with E-state index in [1.165, 1.54) is 5.56 Å². The highest BCUT2D eigenvalue weighted by Gasteiger charge is 2.32. The third-order valence-corrected chi connectivity index (χ3v) is 5.19. The molecule has 1 atom stereocenters. The van der Waals surface area contributed by atoms with Gasteiger partial charge < -0.3 is 9.84 Å². The van der Waals surface area contributed by atoms with Crippen molar-refractivity contribution in [3.8, 4) is 23.5 Å². The minimum absolute atomic E-state index is 0.0182. The van der Waals surface area contributed by atoms with Gasteiger partial charge in [0.2, 0.25) is 0 Å². The third kappa shape index (κ3) is 3.25. The molecule has 0 radical (unpaired) electrons. The molecule has 0 heterocycles. The zero-order valence-corrected chi connectivity index (χ0v) is 15.5. The van der Waals surface area contributed by atoms with Crippen molar-refractivity contribution in [3.05, 3.63) is 58.7 Å². The van der Waals surface area contributed by atoms with Crippen LogP contribution < -0.4 is 0 Å². The smallest absolute Gasteiger partial charge is 0.339 e. The lowest BCUT2D eigenvalue weighted by Crippen LogP contribution is -2.26. The molecule has 0 amide bonds. The molecule has 0 bridgehead atoms. The molecule has 0 aliphatic heterocycles. The van der Waals surface area contributed by atoms with Crippen molar-refractivity contribution in [2.45, 2.75) is 45.1 Å². The summed E-state index contributed by atoms with van der Waals surface area (Å²) >= 11 is 0. The zero-order chi connectivity index (χ0) is 18.9. The Hall–Kier alpha value is -2.57. The molecule has 2 aromatic rings. The number of ether oxygens (including phenoxy) is 1.